The zero-order chi connectivity index (χ0) is 17.1. The molecule has 8 heteroatoms. The van der Waals surface area contributed by atoms with Crippen molar-refractivity contribution in [2.24, 2.45) is 5.92 Å². The third-order valence-electron chi connectivity index (χ3n) is 4.53. The van der Waals surface area contributed by atoms with E-state index in [4.69, 9.17) is 0 Å². The highest BCUT2D eigenvalue weighted by molar-refractivity contribution is 5.36. The molecule has 0 bridgehead atoms. The van der Waals surface area contributed by atoms with E-state index in [1.807, 2.05) is 18.3 Å². The van der Waals surface area contributed by atoms with Crippen LogP contribution in [0, 0.1) is 5.92 Å². The molecule has 8 nitrogen and oxygen atoms in total. The van der Waals surface area contributed by atoms with Gasteiger partial charge in [-0.3, -0.25) is 4.79 Å². The largest absolute Gasteiger partial charge is 0.357 e. The quantitative estimate of drug-likeness (QED) is 0.710. The van der Waals surface area contributed by atoms with Gasteiger partial charge < -0.3 is 4.90 Å². The van der Waals surface area contributed by atoms with E-state index in [0.717, 1.165) is 31.7 Å². The van der Waals surface area contributed by atoms with E-state index in [2.05, 4.69) is 25.1 Å². The summed E-state index contributed by atoms with van der Waals surface area (Å²) in [4.78, 5) is 22.7. The first kappa shape index (κ1) is 15.5. The van der Waals surface area contributed by atoms with Crippen molar-refractivity contribution in [3.63, 3.8) is 0 Å². The molecule has 1 fully saturated rings. The molecule has 25 heavy (non-hydrogen) atoms. The van der Waals surface area contributed by atoms with Gasteiger partial charge in [0.05, 0.1) is 0 Å². The van der Waals surface area contributed by atoms with Gasteiger partial charge in [0.25, 0.3) is 5.56 Å². The van der Waals surface area contributed by atoms with Crippen molar-refractivity contribution < 1.29 is 0 Å². The van der Waals surface area contributed by atoms with Gasteiger partial charge in [-0.2, -0.15) is 5.10 Å². The third-order valence-corrected chi connectivity index (χ3v) is 4.53. The SMILES string of the molecule is O=c1ccc(-n2cccn2)nn1CC1CCN(c2ccncn2)CC1. The maximum Gasteiger partial charge on any atom is 0.266 e. The average molecular weight is 337 g/mol. The van der Waals surface area contributed by atoms with Crippen LogP contribution in [0.25, 0.3) is 5.82 Å². The van der Waals surface area contributed by atoms with E-state index < -0.39 is 0 Å². The molecule has 4 rings (SSSR count). The topological polar surface area (TPSA) is 81.7 Å². The predicted octanol–water partition coefficient (Wildman–Crippen LogP) is 1.14. The molecule has 4 heterocycles. The van der Waals surface area contributed by atoms with Crippen molar-refractivity contribution in [3.05, 3.63) is 59.5 Å². The summed E-state index contributed by atoms with van der Waals surface area (Å²) >= 11 is 0. The first-order valence-corrected chi connectivity index (χ1v) is 8.39. The summed E-state index contributed by atoms with van der Waals surface area (Å²) in [6, 6.07) is 7.02. The maximum atomic E-state index is 12.1. The second-order valence-electron chi connectivity index (χ2n) is 6.16. The van der Waals surface area contributed by atoms with Gasteiger partial charge >= 0.3 is 0 Å². The standard InChI is InChI=1S/C17H19N7O/c25-17-3-2-16(23-9-1-7-20-23)21-24(17)12-14-5-10-22(11-6-14)15-4-8-18-13-19-15/h1-4,7-9,13-14H,5-6,10-12H2. The molecule has 3 aromatic heterocycles. The summed E-state index contributed by atoms with van der Waals surface area (Å²) in [5, 5.41) is 8.62. The Hall–Kier alpha value is -3.03. The lowest BCUT2D eigenvalue weighted by atomic mass is 9.97. The van der Waals surface area contributed by atoms with E-state index in [0.29, 0.717) is 18.3 Å². The van der Waals surface area contributed by atoms with Gasteiger partial charge in [0.1, 0.15) is 12.1 Å². The van der Waals surface area contributed by atoms with E-state index in [1.54, 1.807) is 40.2 Å². The molecular formula is C17H19N7O. The van der Waals surface area contributed by atoms with Crippen LogP contribution in [0.2, 0.25) is 0 Å². The molecule has 0 radical (unpaired) electrons. The minimum atomic E-state index is -0.0749. The van der Waals surface area contributed by atoms with Gasteiger partial charge in [-0.1, -0.05) is 0 Å². The van der Waals surface area contributed by atoms with Crippen LogP contribution in [-0.4, -0.2) is 42.6 Å². The van der Waals surface area contributed by atoms with Crippen molar-refractivity contribution in [1.29, 1.82) is 0 Å². The minimum Gasteiger partial charge on any atom is -0.357 e. The Bertz CT molecular complexity index is 868. The Morgan fingerprint density at radius 2 is 1.96 bits per heavy atom. The van der Waals surface area contributed by atoms with E-state index in [-0.39, 0.29) is 5.56 Å². The lowest BCUT2D eigenvalue weighted by Crippen LogP contribution is -2.37. The summed E-state index contributed by atoms with van der Waals surface area (Å²) in [5.74, 6) is 2.05. The Morgan fingerprint density at radius 3 is 2.68 bits per heavy atom. The molecule has 1 saturated heterocycles. The monoisotopic (exact) mass is 337 g/mol. The summed E-state index contributed by atoms with van der Waals surface area (Å²) in [5.41, 5.74) is -0.0749. The van der Waals surface area contributed by atoms with Crippen LogP contribution in [0.5, 0.6) is 0 Å². The number of rotatable bonds is 4. The third kappa shape index (κ3) is 3.42. The average Bonchev–Trinajstić information content (AvgIpc) is 3.20. The molecule has 0 atom stereocenters. The number of aromatic nitrogens is 6. The van der Waals surface area contributed by atoms with Gasteiger partial charge in [0, 0.05) is 44.3 Å². The van der Waals surface area contributed by atoms with Crippen molar-refractivity contribution >= 4 is 5.82 Å². The van der Waals surface area contributed by atoms with Crippen molar-refractivity contribution in [1.82, 2.24) is 29.5 Å². The van der Waals surface area contributed by atoms with Gasteiger partial charge in [-0.15, -0.1) is 5.10 Å². The molecule has 0 unspecified atom stereocenters. The highest BCUT2D eigenvalue weighted by Crippen LogP contribution is 2.22. The van der Waals surface area contributed by atoms with E-state index >= 15 is 0 Å². The highest BCUT2D eigenvalue weighted by Gasteiger charge is 2.21. The molecule has 0 spiro atoms. The number of anilines is 1. The Kier molecular flexibility index (Phi) is 4.24. The summed E-state index contributed by atoms with van der Waals surface area (Å²) in [7, 11) is 0. The molecule has 0 saturated carbocycles. The second kappa shape index (κ2) is 6.84. The fourth-order valence-electron chi connectivity index (χ4n) is 3.16. The Morgan fingerprint density at radius 1 is 1.08 bits per heavy atom. The van der Waals surface area contributed by atoms with Crippen LogP contribution >= 0.6 is 0 Å². The van der Waals surface area contributed by atoms with Crippen molar-refractivity contribution in [2.75, 3.05) is 18.0 Å². The molecule has 0 N–H and O–H groups in total. The lowest BCUT2D eigenvalue weighted by Gasteiger charge is -2.32. The fourth-order valence-corrected chi connectivity index (χ4v) is 3.16. The second-order valence-corrected chi connectivity index (χ2v) is 6.16. The minimum absolute atomic E-state index is 0.0749. The van der Waals surface area contributed by atoms with Crippen LogP contribution in [0.3, 0.4) is 0 Å². The zero-order valence-corrected chi connectivity index (χ0v) is 13.8. The molecule has 0 aromatic carbocycles. The highest BCUT2D eigenvalue weighted by atomic mass is 16.1. The van der Waals surface area contributed by atoms with Crippen molar-refractivity contribution in [3.8, 4) is 5.82 Å². The zero-order valence-electron chi connectivity index (χ0n) is 13.8. The van der Waals surface area contributed by atoms with Crippen molar-refractivity contribution in [2.45, 2.75) is 19.4 Å². The van der Waals surface area contributed by atoms with Gasteiger partial charge in [0.2, 0.25) is 0 Å². The number of piperidine rings is 1. The lowest BCUT2D eigenvalue weighted by molar-refractivity contribution is 0.333. The summed E-state index contributed by atoms with van der Waals surface area (Å²) in [6.45, 7) is 2.48. The molecule has 1 aliphatic heterocycles. The molecule has 0 amide bonds. The summed E-state index contributed by atoms with van der Waals surface area (Å²) < 4.78 is 3.22. The van der Waals surface area contributed by atoms with Gasteiger partial charge in [0.15, 0.2) is 5.82 Å². The van der Waals surface area contributed by atoms with Crippen LogP contribution < -0.4 is 10.5 Å². The number of hydrogen-bond acceptors (Lipinski definition) is 6. The first-order chi connectivity index (χ1) is 12.3. The van der Waals surface area contributed by atoms with Gasteiger partial charge in [-0.05, 0) is 37.0 Å². The fraction of sp³-hybridized carbons (Fsp3) is 0.353. The Balaban J connectivity index is 1.43. The molecule has 3 aromatic rings. The van der Waals surface area contributed by atoms with Crippen LogP contribution in [0.1, 0.15) is 12.8 Å². The molecule has 0 aliphatic carbocycles. The molecular weight excluding hydrogens is 318 g/mol. The normalized spacial score (nSPS) is 15.4. The first-order valence-electron chi connectivity index (χ1n) is 8.39. The Labute approximate surface area is 144 Å². The van der Waals surface area contributed by atoms with Gasteiger partial charge in [-0.25, -0.2) is 19.3 Å². The molecule has 1 aliphatic rings. The predicted molar refractivity (Wildman–Crippen MR) is 92.6 cm³/mol. The van der Waals surface area contributed by atoms with Crippen LogP contribution in [0.4, 0.5) is 5.82 Å². The molecule has 128 valence electrons. The van der Waals surface area contributed by atoms with Crippen LogP contribution in [0.15, 0.2) is 54.0 Å². The van der Waals surface area contributed by atoms with Crippen LogP contribution in [-0.2, 0) is 6.54 Å². The van der Waals surface area contributed by atoms with E-state index in [1.165, 1.54) is 0 Å². The number of nitrogens with zero attached hydrogens (tertiary/aromatic N) is 7. The number of hydrogen-bond donors (Lipinski definition) is 0. The summed E-state index contributed by atoms with van der Waals surface area (Å²) in [6.07, 6.45) is 8.86. The van der Waals surface area contributed by atoms with E-state index in [9.17, 15) is 4.79 Å². The smallest absolute Gasteiger partial charge is 0.266 e. The maximum absolute atomic E-state index is 12.1.